The summed E-state index contributed by atoms with van der Waals surface area (Å²) in [6.07, 6.45) is 8.61. The molecule has 0 aromatic heterocycles. The predicted molar refractivity (Wildman–Crippen MR) is 61.2 cm³/mol. The molecule has 0 heterocycles. The second-order valence-corrected chi connectivity index (χ2v) is 6.08. The van der Waals surface area contributed by atoms with Crippen LogP contribution in [0.3, 0.4) is 0 Å². The summed E-state index contributed by atoms with van der Waals surface area (Å²) >= 11 is 0. The van der Waals surface area contributed by atoms with E-state index in [-0.39, 0.29) is 0 Å². The van der Waals surface area contributed by atoms with Crippen molar-refractivity contribution in [3.05, 3.63) is 37.1 Å². The summed E-state index contributed by atoms with van der Waals surface area (Å²) in [5.74, 6) is 0. The molecule has 0 aliphatic heterocycles. The number of allylic oxidation sites excluding steroid dienone is 3. The fourth-order valence-electron chi connectivity index (χ4n) is 1.27. The first-order valence-corrected chi connectivity index (χ1v) is 6.99. The van der Waals surface area contributed by atoms with E-state index in [0.717, 1.165) is 0 Å². The van der Waals surface area contributed by atoms with Crippen molar-refractivity contribution < 1.29 is 0 Å². The van der Waals surface area contributed by atoms with E-state index in [1.165, 1.54) is 24.9 Å². The van der Waals surface area contributed by atoms with Gasteiger partial charge < -0.3 is 0 Å². The molecule has 0 amide bonds. The Balaban J connectivity index is 3.68. The molecule has 0 saturated carbocycles. The lowest BCUT2D eigenvalue weighted by Gasteiger charge is -2.07. The average Bonchev–Trinajstić information content (AvgIpc) is 2.10. The molecule has 0 aliphatic rings. The second-order valence-electron chi connectivity index (χ2n) is 3.02. The van der Waals surface area contributed by atoms with Gasteiger partial charge in [0.1, 0.15) is 0 Å². The Hall–Kier alpha value is -0.563. The summed E-state index contributed by atoms with van der Waals surface area (Å²) in [7, 11) is -0.592. The van der Waals surface area contributed by atoms with E-state index in [0.29, 0.717) is 0 Å². The number of hydrogen-bond donors (Lipinski definition) is 0. The predicted octanol–water partition coefficient (Wildman–Crippen LogP) is 3.48. The van der Waals surface area contributed by atoms with Crippen LogP contribution in [0.5, 0.6) is 0 Å². The summed E-state index contributed by atoms with van der Waals surface area (Å²) in [5, 5.41) is 0. The van der Waals surface area contributed by atoms with Crippen LogP contribution in [0.4, 0.5) is 0 Å². The van der Waals surface area contributed by atoms with Crippen LogP contribution in [0.25, 0.3) is 0 Å². The first-order chi connectivity index (χ1) is 5.85. The Morgan fingerprint density at radius 2 is 1.58 bits per heavy atom. The highest BCUT2D eigenvalue weighted by Crippen LogP contribution is 2.08. The van der Waals surface area contributed by atoms with Crippen LogP contribution in [0.1, 0.15) is 19.8 Å². The van der Waals surface area contributed by atoms with E-state index in [1.54, 1.807) is 0 Å². The van der Waals surface area contributed by atoms with Crippen LogP contribution in [0.2, 0.25) is 12.1 Å². The topological polar surface area (TPSA) is 0 Å². The molecule has 68 valence electrons. The van der Waals surface area contributed by atoms with Crippen molar-refractivity contribution in [2.75, 3.05) is 0 Å². The Morgan fingerprint density at radius 1 is 1.08 bits per heavy atom. The van der Waals surface area contributed by atoms with E-state index < -0.39 is 8.80 Å². The highest BCUT2D eigenvalue weighted by Gasteiger charge is 2.03. The maximum atomic E-state index is 3.75. The fourth-order valence-corrected chi connectivity index (χ4v) is 3.82. The van der Waals surface area contributed by atoms with Gasteiger partial charge in [0.15, 0.2) is 0 Å². The molecule has 0 unspecified atom stereocenters. The molecule has 0 saturated heterocycles. The molecule has 0 N–H and O–H groups in total. The molecular weight excluding hydrogens is 160 g/mol. The van der Waals surface area contributed by atoms with Crippen molar-refractivity contribution in [2.45, 2.75) is 31.9 Å². The van der Waals surface area contributed by atoms with Crippen LogP contribution in [-0.4, -0.2) is 8.80 Å². The first kappa shape index (κ1) is 11.4. The lowest BCUT2D eigenvalue weighted by atomic mass is 10.5. The second kappa shape index (κ2) is 8.53. The highest BCUT2D eigenvalue weighted by atomic mass is 28.3. The Bertz CT molecular complexity index is 135. The van der Waals surface area contributed by atoms with Crippen molar-refractivity contribution in [1.82, 2.24) is 0 Å². The van der Waals surface area contributed by atoms with Crippen molar-refractivity contribution in [3.8, 4) is 0 Å². The molecule has 0 atom stereocenters. The maximum absolute atomic E-state index is 3.75. The van der Waals surface area contributed by atoms with Gasteiger partial charge in [-0.05, 0) is 19.8 Å². The van der Waals surface area contributed by atoms with Gasteiger partial charge in [0.05, 0.1) is 8.80 Å². The van der Waals surface area contributed by atoms with Crippen LogP contribution in [0, 0.1) is 0 Å². The Morgan fingerprint density at radius 3 is 1.92 bits per heavy atom. The van der Waals surface area contributed by atoms with Gasteiger partial charge in [-0.3, -0.25) is 0 Å². The molecule has 0 nitrogen and oxygen atoms in total. The Labute approximate surface area is 78.3 Å². The molecular formula is C11H20Si. The molecule has 12 heavy (non-hydrogen) atoms. The third-order valence-corrected chi connectivity index (χ3v) is 5.03. The molecule has 0 radical (unpaired) electrons. The van der Waals surface area contributed by atoms with Gasteiger partial charge in [-0.1, -0.05) is 30.3 Å². The van der Waals surface area contributed by atoms with Gasteiger partial charge in [0.2, 0.25) is 0 Å². The molecule has 0 aliphatic carbocycles. The first-order valence-electron chi connectivity index (χ1n) is 4.69. The molecule has 0 rings (SSSR count). The summed E-state index contributed by atoms with van der Waals surface area (Å²) < 4.78 is 0. The largest absolute Gasteiger partial charge is 0.103 e. The van der Waals surface area contributed by atoms with Crippen molar-refractivity contribution in [1.29, 1.82) is 0 Å². The van der Waals surface area contributed by atoms with Crippen molar-refractivity contribution in [2.24, 2.45) is 0 Å². The van der Waals surface area contributed by atoms with E-state index >= 15 is 0 Å². The minimum atomic E-state index is -0.592. The van der Waals surface area contributed by atoms with Crippen LogP contribution >= 0.6 is 0 Å². The average molecular weight is 180 g/mol. The zero-order valence-corrected chi connectivity index (χ0v) is 9.28. The third kappa shape index (κ3) is 6.17. The molecule has 0 aromatic rings. The van der Waals surface area contributed by atoms with Crippen LogP contribution in [0.15, 0.2) is 37.1 Å². The van der Waals surface area contributed by atoms with E-state index in [2.05, 4.69) is 31.9 Å². The van der Waals surface area contributed by atoms with Crippen molar-refractivity contribution >= 4 is 8.80 Å². The number of rotatable bonds is 7. The standard InChI is InChI=1S/C11H20Si/c1-4-7-10-12(9-6-3)11-8-5-2/h4-6,9,12H,1-2,7-8,10-11H2,3H3. The van der Waals surface area contributed by atoms with Crippen molar-refractivity contribution in [3.63, 3.8) is 0 Å². The molecule has 0 spiro atoms. The third-order valence-electron chi connectivity index (χ3n) is 1.95. The summed E-state index contributed by atoms with van der Waals surface area (Å²) in [5.41, 5.74) is 2.42. The smallest absolute Gasteiger partial charge is 0.0616 e. The lowest BCUT2D eigenvalue weighted by Crippen LogP contribution is -2.07. The van der Waals surface area contributed by atoms with Gasteiger partial charge >= 0.3 is 0 Å². The highest BCUT2D eigenvalue weighted by molar-refractivity contribution is 6.64. The maximum Gasteiger partial charge on any atom is 0.0616 e. The summed E-state index contributed by atoms with van der Waals surface area (Å²) in [4.78, 5) is 0. The van der Waals surface area contributed by atoms with Crippen LogP contribution in [-0.2, 0) is 0 Å². The minimum absolute atomic E-state index is 0.592. The fraction of sp³-hybridized carbons (Fsp3) is 0.455. The monoisotopic (exact) mass is 180 g/mol. The quantitative estimate of drug-likeness (QED) is 0.416. The van der Waals surface area contributed by atoms with Gasteiger partial charge in [0, 0.05) is 0 Å². The van der Waals surface area contributed by atoms with Gasteiger partial charge in [0.25, 0.3) is 0 Å². The lowest BCUT2D eigenvalue weighted by molar-refractivity contribution is 1.12. The molecule has 0 aromatic carbocycles. The van der Waals surface area contributed by atoms with E-state index in [4.69, 9.17) is 0 Å². The van der Waals surface area contributed by atoms with E-state index in [9.17, 15) is 0 Å². The van der Waals surface area contributed by atoms with Gasteiger partial charge in [-0.2, -0.15) is 0 Å². The summed E-state index contributed by atoms with van der Waals surface area (Å²) in [6, 6.07) is 2.73. The molecule has 1 heteroatoms. The zero-order valence-electron chi connectivity index (χ0n) is 8.13. The van der Waals surface area contributed by atoms with Crippen LogP contribution < -0.4 is 0 Å². The number of hydrogen-bond acceptors (Lipinski definition) is 0. The minimum Gasteiger partial charge on any atom is -0.103 e. The van der Waals surface area contributed by atoms with E-state index in [1.807, 2.05) is 12.2 Å². The zero-order chi connectivity index (χ0) is 9.23. The molecule has 0 fully saturated rings. The summed E-state index contributed by atoms with van der Waals surface area (Å²) in [6.45, 7) is 9.61. The SMILES string of the molecule is C=CCC[SiH](C=CC)CCC=C. The van der Waals surface area contributed by atoms with Gasteiger partial charge in [-0.25, -0.2) is 0 Å². The van der Waals surface area contributed by atoms with Gasteiger partial charge in [-0.15, -0.1) is 18.9 Å². The normalized spacial score (nSPS) is 10.8. The molecule has 0 bridgehead atoms. The Kier molecular flexibility index (Phi) is 8.13.